The number of para-hydroxylation sites is 1. The molecule has 0 fully saturated rings. The molecule has 0 saturated carbocycles. The summed E-state index contributed by atoms with van der Waals surface area (Å²) in [5, 5.41) is 0.439. The van der Waals surface area contributed by atoms with Crippen molar-refractivity contribution in [2.24, 2.45) is 0 Å². The summed E-state index contributed by atoms with van der Waals surface area (Å²) in [5.74, 6) is -0.876. The fourth-order valence-corrected chi connectivity index (χ4v) is 2.95. The second kappa shape index (κ2) is 6.09. The molecule has 0 atom stereocenters. The monoisotopic (exact) mass is 342 g/mol. The highest BCUT2D eigenvalue weighted by molar-refractivity contribution is 6.31. The maximum absolute atomic E-state index is 12.7. The Balaban J connectivity index is 2.29. The van der Waals surface area contributed by atoms with Crippen LogP contribution in [0.2, 0.25) is 5.02 Å². The van der Waals surface area contributed by atoms with Crippen LogP contribution in [-0.2, 0) is 9.59 Å². The lowest BCUT2D eigenvalue weighted by Gasteiger charge is -2.25. The summed E-state index contributed by atoms with van der Waals surface area (Å²) in [6.45, 7) is 1.44. The molecule has 24 heavy (non-hydrogen) atoms. The summed E-state index contributed by atoms with van der Waals surface area (Å²) in [7, 11) is 1.61. The molecule has 2 aromatic carbocycles. The number of halogens is 1. The number of carbonyl (C=O) groups excluding carboxylic acids is 3. The molecule has 1 aliphatic rings. The van der Waals surface area contributed by atoms with Crippen LogP contribution in [0.5, 0.6) is 0 Å². The molecule has 0 aliphatic carbocycles. The SMILES string of the molecule is CC(=O)c1ccccc1N1C(=O)CC(=O)N(C)c2ccc(Cl)cc21. The number of hydrogen-bond acceptors (Lipinski definition) is 3. The van der Waals surface area contributed by atoms with E-state index in [1.807, 2.05) is 0 Å². The molecular weight excluding hydrogens is 328 g/mol. The first-order valence-corrected chi connectivity index (χ1v) is 7.77. The third-order valence-corrected chi connectivity index (χ3v) is 4.23. The highest BCUT2D eigenvalue weighted by atomic mass is 35.5. The Labute approximate surface area is 144 Å². The van der Waals surface area contributed by atoms with Crippen LogP contribution in [0.15, 0.2) is 42.5 Å². The van der Waals surface area contributed by atoms with Crippen LogP contribution in [0.25, 0.3) is 0 Å². The number of ketones is 1. The van der Waals surface area contributed by atoms with E-state index in [1.54, 1.807) is 49.5 Å². The van der Waals surface area contributed by atoms with Crippen molar-refractivity contribution in [2.45, 2.75) is 13.3 Å². The lowest BCUT2D eigenvalue weighted by atomic mass is 10.1. The molecule has 0 saturated heterocycles. The van der Waals surface area contributed by atoms with Crippen molar-refractivity contribution in [1.82, 2.24) is 0 Å². The zero-order valence-corrected chi connectivity index (χ0v) is 14.0. The Morgan fingerprint density at radius 1 is 1.00 bits per heavy atom. The van der Waals surface area contributed by atoms with E-state index in [4.69, 9.17) is 11.6 Å². The fourth-order valence-electron chi connectivity index (χ4n) is 2.79. The van der Waals surface area contributed by atoms with Crippen LogP contribution < -0.4 is 9.80 Å². The molecule has 0 spiro atoms. The number of nitrogens with zero attached hydrogens (tertiary/aromatic N) is 2. The topological polar surface area (TPSA) is 57.7 Å². The molecule has 6 heteroatoms. The average molecular weight is 343 g/mol. The minimum atomic E-state index is -0.401. The van der Waals surface area contributed by atoms with Crippen LogP contribution in [0.3, 0.4) is 0 Å². The van der Waals surface area contributed by atoms with E-state index in [0.29, 0.717) is 27.6 Å². The molecule has 2 amide bonds. The van der Waals surface area contributed by atoms with Crippen LogP contribution in [-0.4, -0.2) is 24.6 Å². The van der Waals surface area contributed by atoms with Gasteiger partial charge in [-0.15, -0.1) is 0 Å². The predicted molar refractivity (Wildman–Crippen MR) is 93.1 cm³/mol. The minimum Gasteiger partial charge on any atom is -0.313 e. The highest BCUT2D eigenvalue weighted by Crippen LogP contribution is 2.40. The molecule has 0 unspecified atom stereocenters. The van der Waals surface area contributed by atoms with Crippen LogP contribution >= 0.6 is 11.6 Å². The standard InChI is InChI=1S/C18H15ClN2O3/c1-11(22)13-5-3-4-6-14(13)21-16-9-12(19)7-8-15(16)20(2)17(23)10-18(21)24/h3-9H,10H2,1-2H3. The number of amides is 2. The van der Waals surface area contributed by atoms with E-state index < -0.39 is 5.91 Å². The lowest BCUT2D eigenvalue weighted by Crippen LogP contribution is -2.29. The van der Waals surface area contributed by atoms with Gasteiger partial charge in [-0.1, -0.05) is 23.7 Å². The van der Waals surface area contributed by atoms with E-state index in [9.17, 15) is 14.4 Å². The highest BCUT2D eigenvalue weighted by Gasteiger charge is 2.32. The Morgan fingerprint density at radius 2 is 1.71 bits per heavy atom. The molecule has 0 aromatic heterocycles. The quantitative estimate of drug-likeness (QED) is 0.619. The minimum absolute atomic E-state index is 0.161. The van der Waals surface area contributed by atoms with Crippen molar-refractivity contribution in [3.63, 3.8) is 0 Å². The largest absolute Gasteiger partial charge is 0.313 e. The van der Waals surface area contributed by atoms with E-state index >= 15 is 0 Å². The van der Waals surface area contributed by atoms with Crippen LogP contribution in [0, 0.1) is 0 Å². The first kappa shape index (κ1) is 16.2. The summed E-state index contributed by atoms with van der Waals surface area (Å²) < 4.78 is 0. The summed E-state index contributed by atoms with van der Waals surface area (Å²) >= 11 is 6.11. The summed E-state index contributed by atoms with van der Waals surface area (Å²) in [6, 6.07) is 11.8. The van der Waals surface area contributed by atoms with Crippen LogP contribution in [0.4, 0.5) is 17.1 Å². The van der Waals surface area contributed by atoms with Gasteiger partial charge in [-0.3, -0.25) is 19.3 Å². The Hall–Kier alpha value is -2.66. The lowest BCUT2D eigenvalue weighted by molar-refractivity contribution is -0.125. The Kier molecular flexibility index (Phi) is 4.11. The predicted octanol–water partition coefficient (Wildman–Crippen LogP) is 3.57. The number of Topliss-reactive ketones (excluding diaryl/α,β-unsaturated/α-hetero) is 1. The summed E-state index contributed by atoms with van der Waals surface area (Å²) in [6.07, 6.45) is -0.283. The van der Waals surface area contributed by atoms with Crippen LogP contribution in [0.1, 0.15) is 23.7 Å². The Bertz CT molecular complexity index is 863. The zero-order chi connectivity index (χ0) is 17.4. The maximum atomic E-state index is 12.7. The van der Waals surface area contributed by atoms with Gasteiger partial charge in [0.05, 0.1) is 17.1 Å². The maximum Gasteiger partial charge on any atom is 0.241 e. The first-order chi connectivity index (χ1) is 11.4. The molecule has 3 rings (SSSR count). The number of carbonyl (C=O) groups is 3. The van der Waals surface area contributed by atoms with Gasteiger partial charge in [0.15, 0.2) is 5.78 Å². The Morgan fingerprint density at radius 3 is 2.42 bits per heavy atom. The second-order valence-corrected chi connectivity index (χ2v) is 6.00. The van der Waals surface area contributed by atoms with E-state index in [1.165, 1.54) is 16.7 Å². The van der Waals surface area contributed by atoms with E-state index in [2.05, 4.69) is 0 Å². The summed E-state index contributed by atoms with van der Waals surface area (Å²) in [5.41, 5.74) is 1.90. The van der Waals surface area contributed by atoms with E-state index in [-0.39, 0.29) is 18.1 Å². The van der Waals surface area contributed by atoms with Crippen molar-refractivity contribution in [2.75, 3.05) is 16.8 Å². The molecular formula is C18H15ClN2O3. The van der Waals surface area contributed by atoms with Gasteiger partial charge in [0.25, 0.3) is 0 Å². The normalized spacial score (nSPS) is 14.5. The molecule has 0 radical (unpaired) electrons. The third-order valence-electron chi connectivity index (χ3n) is 3.99. The van der Waals surface area contributed by atoms with Gasteiger partial charge < -0.3 is 4.90 Å². The van der Waals surface area contributed by atoms with Crippen molar-refractivity contribution in [1.29, 1.82) is 0 Å². The zero-order valence-electron chi connectivity index (χ0n) is 13.2. The van der Waals surface area contributed by atoms with Gasteiger partial charge in [-0.2, -0.15) is 0 Å². The van der Waals surface area contributed by atoms with Gasteiger partial charge in [0.2, 0.25) is 11.8 Å². The van der Waals surface area contributed by atoms with E-state index in [0.717, 1.165) is 0 Å². The van der Waals surface area contributed by atoms with Crippen molar-refractivity contribution in [3.05, 3.63) is 53.1 Å². The first-order valence-electron chi connectivity index (χ1n) is 7.39. The van der Waals surface area contributed by atoms with Crippen molar-refractivity contribution in [3.8, 4) is 0 Å². The van der Waals surface area contributed by atoms with Crippen molar-refractivity contribution < 1.29 is 14.4 Å². The molecule has 2 aromatic rings. The molecule has 5 nitrogen and oxygen atoms in total. The van der Waals surface area contributed by atoms with Gasteiger partial charge in [-0.05, 0) is 37.3 Å². The number of fused-ring (bicyclic) bond motifs is 1. The smallest absolute Gasteiger partial charge is 0.241 e. The molecule has 122 valence electrons. The van der Waals surface area contributed by atoms with Crippen molar-refractivity contribution >= 4 is 46.3 Å². The molecule has 1 heterocycles. The third kappa shape index (κ3) is 2.67. The number of hydrogen-bond donors (Lipinski definition) is 0. The van der Waals surface area contributed by atoms with Gasteiger partial charge in [0.1, 0.15) is 6.42 Å². The molecule has 1 aliphatic heterocycles. The summed E-state index contributed by atoms with van der Waals surface area (Å²) in [4.78, 5) is 39.8. The van der Waals surface area contributed by atoms with Gasteiger partial charge in [-0.25, -0.2) is 0 Å². The number of anilines is 3. The van der Waals surface area contributed by atoms with Gasteiger partial charge >= 0.3 is 0 Å². The fraction of sp³-hybridized carbons (Fsp3) is 0.167. The number of rotatable bonds is 2. The van der Waals surface area contributed by atoms with Gasteiger partial charge in [0, 0.05) is 17.6 Å². The average Bonchev–Trinajstić information content (AvgIpc) is 2.62. The molecule has 0 bridgehead atoms. The number of benzene rings is 2. The molecule has 0 N–H and O–H groups in total. The second-order valence-electron chi connectivity index (χ2n) is 5.57.